The van der Waals surface area contributed by atoms with Gasteiger partial charge in [0.05, 0.1) is 22.0 Å². The number of aromatic nitrogens is 3. The Morgan fingerprint density at radius 1 is 0.921 bits per heavy atom. The van der Waals surface area contributed by atoms with Gasteiger partial charge in [0.15, 0.2) is 5.13 Å². The second kappa shape index (κ2) is 9.98. The molecule has 0 saturated carbocycles. The number of aromatic amines is 1. The number of fused-ring (bicyclic) bond motifs is 1. The van der Waals surface area contributed by atoms with Crippen LogP contribution in [0.3, 0.4) is 0 Å². The van der Waals surface area contributed by atoms with Gasteiger partial charge in [-0.05, 0) is 61.0 Å². The van der Waals surface area contributed by atoms with E-state index in [1.165, 1.54) is 23.5 Å². The Balaban J connectivity index is 1.31. The molecular formula is C26H19F3N6O2S. The zero-order valence-electron chi connectivity index (χ0n) is 19.7. The Morgan fingerprint density at radius 3 is 2.47 bits per heavy atom. The standard InChI is InChI=1S/C26H19F3N6O2S/c1-14-5-7-18(31-23(36)15-3-2-4-17(11-15)26(27,28)29)13-20(14)32-24(37)16-6-8-19-21(12-16)38-25(33-19)34-22-9-10-30-35-22/h2-13H,1H3,(H,31,36)(H,32,37)(H2,30,33,34,35). The Kier molecular flexibility index (Phi) is 6.55. The molecule has 38 heavy (non-hydrogen) atoms. The first kappa shape index (κ1) is 25.0. The lowest BCUT2D eigenvalue weighted by Gasteiger charge is -2.13. The van der Waals surface area contributed by atoms with Crippen LogP contribution in [0.5, 0.6) is 0 Å². The molecule has 0 aliphatic heterocycles. The van der Waals surface area contributed by atoms with Gasteiger partial charge in [0.25, 0.3) is 11.8 Å². The average Bonchev–Trinajstić information content (AvgIpc) is 3.54. The van der Waals surface area contributed by atoms with Crippen LogP contribution in [-0.4, -0.2) is 27.0 Å². The monoisotopic (exact) mass is 536 g/mol. The molecule has 0 spiro atoms. The fourth-order valence-corrected chi connectivity index (χ4v) is 4.55. The number of H-pyrrole nitrogens is 1. The number of hydrogen-bond acceptors (Lipinski definition) is 6. The van der Waals surface area contributed by atoms with Crippen molar-refractivity contribution in [2.75, 3.05) is 16.0 Å². The van der Waals surface area contributed by atoms with Gasteiger partial charge >= 0.3 is 6.18 Å². The highest BCUT2D eigenvalue weighted by atomic mass is 32.1. The van der Waals surface area contributed by atoms with Gasteiger partial charge in [-0.25, -0.2) is 4.98 Å². The van der Waals surface area contributed by atoms with Gasteiger partial charge in [0.2, 0.25) is 0 Å². The number of carbonyl (C=O) groups is 2. The number of aryl methyl sites for hydroxylation is 1. The van der Waals surface area contributed by atoms with Crippen LogP contribution in [-0.2, 0) is 6.18 Å². The fourth-order valence-electron chi connectivity index (χ4n) is 3.63. The van der Waals surface area contributed by atoms with Gasteiger partial charge in [0, 0.05) is 28.6 Å². The Hall–Kier alpha value is -4.71. The quantitative estimate of drug-likeness (QED) is 0.196. The predicted octanol–water partition coefficient (Wildman–Crippen LogP) is 6.59. The van der Waals surface area contributed by atoms with E-state index < -0.39 is 17.6 Å². The molecule has 0 saturated heterocycles. The van der Waals surface area contributed by atoms with Gasteiger partial charge in [-0.1, -0.05) is 23.5 Å². The second-order valence-electron chi connectivity index (χ2n) is 8.31. The molecule has 4 N–H and O–H groups in total. The van der Waals surface area contributed by atoms with E-state index >= 15 is 0 Å². The smallest absolute Gasteiger partial charge is 0.322 e. The molecule has 5 aromatic rings. The minimum Gasteiger partial charge on any atom is -0.322 e. The van der Waals surface area contributed by atoms with Crippen LogP contribution in [0.25, 0.3) is 10.2 Å². The maximum Gasteiger partial charge on any atom is 0.416 e. The number of halogens is 3. The number of anilines is 4. The highest BCUT2D eigenvalue weighted by Crippen LogP contribution is 2.31. The molecule has 2 aromatic heterocycles. The molecule has 0 fully saturated rings. The lowest BCUT2D eigenvalue weighted by atomic mass is 10.1. The third-order valence-corrected chi connectivity index (χ3v) is 6.52. The summed E-state index contributed by atoms with van der Waals surface area (Å²) in [6, 6.07) is 15.9. The number of nitrogens with zero attached hydrogens (tertiary/aromatic N) is 2. The molecule has 192 valence electrons. The summed E-state index contributed by atoms with van der Waals surface area (Å²) in [6.45, 7) is 1.79. The normalized spacial score (nSPS) is 11.4. The van der Waals surface area contributed by atoms with Gasteiger partial charge in [0.1, 0.15) is 5.82 Å². The highest BCUT2D eigenvalue weighted by molar-refractivity contribution is 7.22. The Bertz CT molecular complexity index is 1650. The number of amides is 2. The van der Waals surface area contributed by atoms with E-state index in [0.29, 0.717) is 27.9 Å². The van der Waals surface area contributed by atoms with Crippen molar-refractivity contribution in [2.24, 2.45) is 0 Å². The van der Waals surface area contributed by atoms with Crippen molar-refractivity contribution in [1.29, 1.82) is 0 Å². The molecule has 0 aliphatic carbocycles. The molecule has 0 atom stereocenters. The van der Waals surface area contributed by atoms with Crippen LogP contribution in [0.4, 0.5) is 35.5 Å². The summed E-state index contributed by atoms with van der Waals surface area (Å²) >= 11 is 1.38. The van der Waals surface area contributed by atoms with Crippen molar-refractivity contribution < 1.29 is 22.8 Å². The second-order valence-corrected chi connectivity index (χ2v) is 9.34. The molecular weight excluding hydrogens is 517 g/mol. The number of nitrogens with one attached hydrogen (secondary N) is 4. The van der Waals surface area contributed by atoms with E-state index in [1.54, 1.807) is 55.6 Å². The number of benzene rings is 3. The lowest BCUT2D eigenvalue weighted by Crippen LogP contribution is -2.15. The summed E-state index contributed by atoms with van der Waals surface area (Å²) in [6.07, 6.45) is -2.94. The minimum absolute atomic E-state index is 0.134. The molecule has 2 amide bonds. The van der Waals surface area contributed by atoms with Crippen molar-refractivity contribution in [3.63, 3.8) is 0 Å². The molecule has 3 aromatic carbocycles. The van der Waals surface area contributed by atoms with Crippen molar-refractivity contribution in [2.45, 2.75) is 13.1 Å². The van der Waals surface area contributed by atoms with Crippen molar-refractivity contribution >= 4 is 55.7 Å². The largest absolute Gasteiger partial charge is 0.416 e. The summed E-state index contributed by atoms with van der Waals surface area (Å²) in [7, 11) is 0. The zero-order chi connectivity index (χ0) is 26.9. The van der Waals surface area contributed by atoms with Crippen molar-refractivity contribution in [1.82, 2.24) is 15.2 Å². The summed E-state index contributed by atoms with van der Waals surface area (Å²) < 4.78 is 39.8. The fraction of sp³-hybridized carbons (Fsp3) is 0.0769. The molecule has 8 nitrogen and oxygen atoms in total. The molecule has 12 heteroatoms. The predicted molar refractivity (Wildman–Crippen MR) is 140 cm³/mol. The van der Waals surface area contributed by atoms with Crippen LogP contribution in [0.15, 0.2) is 72.9 Å². The topological polar surface area (TPSA) is 112 Å². The Morgan fingerprint density at radius 2 is 1.71 bits per heavy atom. The van der Waals surface area contributed by atoms with Crippen LogP contribution in [0, 0.1) is 6.92 Å². The van der Waals surface area contributed by atoms with E-state index in [9.17, 15) is 22.8 Å². The van der Waals surface area contributed by atoms with E-state index in [-0.39, 0.29) is 11.5 Å². The number of rotatable bonds is 6. The zero-order valence-corrected chi connectivity index (χ0v) is 20.5. The number of alkyl halides is 3. The van der Waals surface area contributed by atoms with Crippen LogP contribution < -0.4 is 16.0 Å². The van der Waals surface area contributed by atoms with E-state index in [4.69, 9.17) is 0 Å². The van der Waals surface area contributed by atoms with Crippen LogP contribution >= 0.6 is 11.3 Å². The van der Waals surface area contributed by atoms with Crippen molar-refractivity contribution in [3.05, 3.63) is 95.2 Å². The van der Waals surface area contributed by atoms with Crippen LogP contribution in [0.1, 0.15) is 31.8 Å². The average molecular weight is 537 g/mol. The Labute approximate surface area is 217 Å². The minimum atomic E-state index is -4.56. The number of carbonyl (C=O) groups excluding carboxylic acids is 2. The summed E-state index contributed by atoms with van der Waals surface area (Å²) in [5, 5.41) is 15.8. The summed E-state index contributed by atoms with van der Waals surface area (Å²) in [5.74, 6) is -0.377. The molecule has 0 unspecified atom stereocenters. The number of thiazole rings is 1. The van der Waals surface area contributed by atoms with Gasteiger partial charge in [-0.2, -0.15) is 18.3 Å². The van der Waals surface area contributed by atoms with Gasteiger partial charge < -0.3 is 16.0 Å². The van der Waals surface area contributed by atoms with E-state index in [1.807, 2.05) is 0 Å². The molecule has 0 radical (unpaired) electrons. The van der Waals surface area contributed by atoms with Crippen LogP contribution in [0.2, 0.25) is 0 Å². The molecule has 0 bridgehead atoms. The van der Waals surface area contributed by atoms with E-state index in [2.05, 4.69) is 31.1 Å². The summed E-state index contributed by atoms with van der Waals surface area (Å²) in [4.78, 5) is 30.1. The SMILES string of the molecule is Cc1ccc(NC(=O)c2cccc(C(F)(F)F)c2)cc1NC(=O)c1ccc2nc(Nc3ccn[nH]3)sc2c1. The molecule has 0 aliphatic rings. The van der Waals surface area contributed by atoms with Crippen molar-refractivity contribution in [3.8, 4) is 0 Å². The first-order valence-electron chi connectivity index (χ1n) is 11.2. The molecule has 5 rings (SSSR count). The first-order chi connectivity index (χ1) is 18.2. The number of hydrogen-bond donors (Lipinski definition) is 4. The molecule has 2 heterocycles. The first-order valence-corrected chi connectivity index (χ1v) is 12.0. The lowest BCUT2D eigenvalue weighted by molar-refractivity contribution is -0.137. The maximum absolute atomic E-state index is 13.0. The van der Waals surface area contributed by atoms with E-state index in [0.717, 1.165) is 27.9 Å². The van der Waals surface area contributed by atoms with Gasteiger partial charge in [-0.15, -0.1) is 0 Å². The third-order valence-electron chi connectivity index (χ3n) is 5.59. The maximum atomic E-state index is 13.0. The third kappa shape index (κ3) is 5.49. The highest BCUT2D eigenvalue weighted by Gasteiger charge is 2.30. The summed E-state index contributed by atoms with van der Waals surface area (Å²) in [5.41, 5.74) is 1.59. The van der Waals surface area contributed by atoms with Gasteiger partial charge in [-0.3, -0.25) is 14.7 Å².